The van der Waals surface area contributed by atoms with Crippen LogP contribution in [0.1, 0.15) is 36.7 Å². The molecule has 0 aromatic heterocycles. The quantitative estimate of drug-likeness (QED) is 0.695. The maximum atomic E-state index is 13.4. The summed E-state index contributed by atoms with van der Waals surface area (Å²) in [6.45, 7) is 6.05. The summed E-state index contributed by atoms with van der Waals surface area (Å²) in [5.41, 5.74) is 1.14. The number of nitrogens with zero attached hydrogens (tertiary/aromatic N) is 1. The van der Waals surface area contributed by atoms with Gasteiger partial charge in [0.25, 0.3) is 5.91 Å². The van der Waals surface area contributed by atoms with Gasteiger partial charge in [-0.25, -0.2) is 0 Å². The number of nitrogens with one attached hydrogen (secondary N) is 1. The van der Waals surface area contributed by atoms with Gasteiger partial charge in [0.15, 0.2) is 0 Å². The van der Waals surface area contributed by atoms with Crippen molar-refractivity contribution < 1.29 is 14.7 Å². The molecule has 28 heavy (non-hydrogen) atoms. The Morgan fingerprint density at radius 1 is 1.04 bits per heavy atom. The fourth-order valence-corrected chi connectivity index (χ4v) is 3.62. The van der Waals surface area contributed by atoms with E-state index in [1.165, 1.54) is 0 Å². The van der Waals surface area contributed by atoms with Crippen molar-refractivity contribution in [2.24, 2.45) is 5.41 Å². The monoisotopic (exact) mass is 398 g/mol. The highest BCUT2D eigenvalue weighted by Gasteiger charge is 2.37. The van der Waals surface area contributed by atoms with Crippen LogP contribution in [0.4, 0.5) is 0 Å². The number of thiocarbonyl (C=S) groups is 1. The molecule has 148 valence electrons. The van der Waals surface area contributed by atoms with Crippen molar-refractivity contribution in [3.63, 3.8) is 0 Å². The number of carbonyl (C=O) groups is 2. The van der Waals surface area contributed by atoms with Crippen molar-refractivity contribution in [2.75, 3.05) is 6.54 Å². The van der Waals surface area contributed by atoms with E-state index in [-0.39, 0.29) is 12.5 Å². The van der Waals surface area contributed by atoms with E-state index in [1.807, 2.05) is 69.3 Å². The van der Waals surface area contributed by atoms with E-state index in [1.54, 1.807) is 17.0 Å². The van der Waals surface area contributed by atoms with E-state index >= 15 is 0 Å². The summed E-state index contributed by atoms with van der Waals surface area (Å²) in [4.78, 5) is 26.5. The predicted molar refractivity (Wildman–Crippen MR) is 114 cm³/mol. The van der Waals surface area contributed by atoms with Crippen LogP contribution in [-0.2, 0) is 11.3 Å². The Labute approximate surface area is 171 Å². The third-order valence-electron chi connectivity index (χ3n) is 4.27. The van der Waals surface area contributed by atoms with Gasteiger partial charge >= 0.3 is 5.97 Å². The van der Waals surface area contributed by atoms with E-state index in [2.05, 4.69) is 5.32 Å². The molecule has 2 N–H and O–H groups in total. The van der Waals surface area contributed by atoms with E-state index in [9.17, 15) is 9.59 Å². The van der Waals surface area contributed by atoms with Crippen LogP contribution in [0, 0.1) is 5.41 Å². The lowest BCUT2D eigenvalue weighted by atomic mass is 9.84. The summed E-state index contributed by atoms with van der Waals surface area (Å²) >= 11 is 5.54. The number of carboxylic acids is 1. The van der Waals surface area contributed by atoms with Crippen LogP contribution in [0.25, 0.3) is 0 Å². The van der Waals surface area contributed by atoms with Gasteiger partial charge in [-0.3, -0.25) is 9.59 Å². The van der Waals surface area contributed by atoms with Gasteiger partial charge in [0, 0.05) is 12.1 Å². The lowest BCUT2D eigenvalue weighted by molar-refractivity contribution is -0.135. The van der Waals surface area contributed by atoms with Crippen molar-refractivity contribution in [3.05, 3.63) is 71.8 Å². The average Bonchev–Trinajstić information content (AvgIpc) is 2.65. The molecule has 1 atom stereocenters. The molecule has 0 aliphatic carbocycles. The number of aliphatic carboxylic acids is 1. The molecule has 0 saturated carbocycles. The van der Waals surface area contributed by atoms with E-state index in [0.29, 0.717) is 17.1 Å². The van der Waals surface area contributed by atoms with Gasteiger partial charge in [0.2, 0.25) is 0 Å². The lowest BCUT2D eigenvalue weighted by Crippen LogP contribution is -2.55. The molecule has 6 heteroatoms. The number of amides is 1. The zero-order valence-electron chi connectivity index (χ0n) is 16.4. The van der Waals surface area contributed by atoms with Gasteiger partial charge in [-0.2, -0.15) is 0 Å². The first-order valence-corrected chi connectivity index (χ1v) is 9.50. The molecule has 2 aromatic carbocycles. The minimum absolute atomic E-state index is 0.149. The minimum atomic E-state index is -1.00. The second-order valence-electron chi connectivity index (χ2n) is 7.66. The van der Waals surface area contributed by atoms with Crippen LogP contribution in [-0.4, -0.2) is 39.5 Å². The smallest absolute Gasteiger partial charge is 0.322 e. The molecular weight excluding hydrogens is 372 g/mol. The summed E-state index contributed by atoms with van der Waals surface area (Å²) in [7, 11) is 0. The van der Waals surface area contributed by atoms with Crippen LogP contribution in [0.5, 0.6) is 0 Å². The Kier molecular flexibility index (Phi) is 7.29. The van der Waals surface area contributed by atoms with Crippen molar-refractivity contribution in [3.8, 4) is 0 Å². The molecule has 1 amide bonds. The Hall–Kier alpha value is -2.73. The number of benzene rings is 2. The first-order chi connectivity index (χ1) is 13.2. The second kappa shape index (κ2) is 9.46. The maximum absolute atomic E-state index is 13.4. The van der Waals surface area contributed by atoms with Gasteiger partial charge in [0.05, 0.1) is 11.0 Å². The average molecular weight is 399 g/mol. The van der Waals surface area contributed by atoms with Crippen LogP contribution in [0.15, 0.2) is 60.7 Å². The first kappa shape index (κ1) is 21.6. The molecule has 0 heterocycles. The number of hydrogen-bond acceptors (Lipinski definition) is 3. The summed E-state index contributed by atoms with van der Waals surface area (Å²) in [5, 5.41) is 11.8. The highest BCUT2D eigenvalue weighted by atomic mass is 32.1. The number of hydrogen-bond donors (Lipinski definition) is 2. The van der Waals surface area contributed by atoms with Gasteiger partial charge in [-0.15, -0.1) is 0 Å². The molecule has 5 nitrogen and oxygen atoms in total. The lowest BCUT2D eigenvalue weighted by Gasteiger charge is -2.40. The molecule has 0 aliphatic rings. The Balaban J connectivity index is 2.44. The van der Waals surface area contributed by atoms with E-state index in [0.717, 1.165) is 5.56 Å². The summed E-state index contributed by atoms with van der Waals surface area (Å²) in [6, 6.07) is 18.3. The van der Waals surface area contributed by atoms with E-state index < -0.39 is 17.4 Å². The molecular formula is C22H26N2O3S. The van der Waals surface area contributed by atoms with Crippen LogP contribution in [0.3, 0.4) is 0 Å². The number of carbonyl (C=O) groups excluding carboxylic acids is 1. The van der Waals surface area contributed by atoms with E-state index in [4.69, 9.17) is 17.3 Å². The molecule has 0 radical (unpaired) electrons. The molecule has 0 bridgehead atoms. The van der Waals surface area contributed by atoms with Crippen molar-refractivity contribution in [1.29, 1.82) is 0 Å². The zero-order chi connectivity index (χ0) is 20.7. The number of rotatable bonds is 7. The summed E-state index contributed by atoms with van der Waals surface area (Å²) in [6.07, 6.45) is 0. The van der Waals surface area contributed by atoms with Gasteiger partial charge in [-0.05, 0) is 23.1 Å². The predicted octanol–water partition coefficient (Wildman–Crippen LogP) is 3.75. The third-order valence-corrected chi connectivity index (χ3v) is 4.64. The maximum Gasteiger partial charge on any atom is 0.322 e. The van der Waals surface area contributed by atoms with Crippen LogP contribution < -0.4 is 5.32 Å². The Bertz CT molecular complexity index is 817. The van der Waals surface area contributed by atoms with Gasteiger partial charge < -0.3 is 15.3 Å². The highest BCUT2D eigenvalue weighted by Crippen LogP contribution is 2.28. The largest absolute Gasteiger partial charge is 0.480 e. The Morgan fingerprint density at radius 3 is 2.07 bits per heavy atom. The molecule has 0 fully saturated rings. The summed E-state index contributed by atoms with van der Waals surface area (Å²) in [5.74, 6) is -1.15. The minimum Gasteiger partial charge on any atom is -0.480 e. The number of carboxylic acid groups (broad SMARTS) is 1. The van der Waals surface area contributed by atoms with Gasteiger partial charge in [0.1, 0.15) is 6.54 Å². The zero-order valence-corrected chi connectivity index (χ0v) is 17.2. The molecule has 0 spiro atoms. The SMILES string of the molecule is CC(C)(C)C(C(=S)NCC(=O)O)N(Cc1ccccc1)C(=O)c1ccccc1. The Morgan fingerprint density at radius 2 is 1.57 bits per heavy atom. The molecule has 2 aromatic rings. The van der Waals surface area contributed by atoms with Gasteiger partial charge in [-0.1, -0.05) is 81.5 Å². The molecule has 1 unspecified atom stereocenters. The summed E-state index contributed by atoms with van der Waals surface area (Å²) < 4.78 is 0. The van der Waals surface area contributed by atoms with Crippen LogP contribution >= 0.6 is 12.2 Å². The van der Waals surface area contributed by atoms with Crippen molar-refractivity contribution in [2.45, 2.75) is 33.4 Å². The normalized spacial score (nSPS) is 12.1. The second-order valence-corrected chi connectivity index (χ2v) is 8.10. The first-order valence-electron chi connectivity index (χ1n) is 9.09. The third kappa shape index (κ3) is 5.89. The molecule has 2 rings (SSSR count). The fourth-order valence-electron chi connectivity index (χ4n) is 3.07. The standard InChI is InChI=1S/C22H26N2O3S/c1-22(2,3)19(20(28)23-14-18(25)26)24(15-16-10-6-4-7-11-16)21(27)17-12-8-5-9-13-17/h4-13,19H,14-15H2,1-3H3,(H,23,28)(H,25,26). The fraction of sp³-hybridized carbons (Fsp3) is 0.318. The molecule has 0 aliphatic heterocycles. The van der Waals surface area contributed by atoms with Crippen LogP contribution in [0.2, 0.25) is 0 Å². The van der Waals surface area contributed by atoms with Crippen molar-refractivity contribution in [1.82, 2.24) is 10.2 Å². The molecule has 0 saturated heterocycles. The van der Waals surface area contributed by atoms with Crippen molar-refractivity contribution >= 4 is 29.1 Å². The topological polar surface area (TPSA) is 69.6 Å². The highest BCUT2D eigenvalue weighted by molar-refractivity contribution is 7.80.